The molecule has 0 spiro atoms. The molecule has 0 bridgehead atoms. The van der Waals surface area contributed by atoms with Crippen molar-refractivity contribution in [1.29, 1.82) is 0 Å². The van der Waals surface area contributed by atoms with Gasteiger partial charge in [0.25, 0.3) is 0 Å². The first kappa shape index (κ1) is 22.4. The molecule has 0 aromatic carbocycles. The maximum atomic E-state index is 10.4. The van der Waals surface area contributed by atoms with Crippen molar-refractivity contribution in [3.63, 3.8) is 0 Å². The third-order valence-corrected chi connectivity index (χ3v) is 4.62. The molecule has 0 radical (unpaired) electrons. The molecule has 0 aliphatic carbocycles. The lowest BCUT2D eigenvalue weighted by atomic mass is 10.0. The Morgan fingerprint density at radius 1 is 0.652 bits per heavy atom. The van der Waals surface area contributed by atoms with Crippen LogP contribution in [-0.4, -0.2) is 22.3 Å². The molecule has 2 N–H and O–H groups in total. The average molecular weight is 329 g/mol. The molecule has 0 rings (SSSR count). The molecule has 1 atom stereocenters. The largest absolute Gasteiger partial charge is 0.479 e. The molecule has 0 aliphatic rings. The van der Waals surface area contributed by atoms with E-state index in [1.807, 2.05) is 0 Å². The van der Waals surface area contributed by atoms with Crippen molar-refractivity contribution in [3.05, 3.63) is 0 Å². The van der Waals surface area contributed by atoms with E-state index in [-0.39, 0.29) is 0 Å². The van der Waals surface area contributed by atoms with Gasteiger partial charge in [-0.05, 0) is 6.42 Å². The summed E-state index contributed by atoms with van der Waals surface area (Å²) in [6, 6.07) is 0. The summed E-state index contributed by atoms with van der Waals surface area (Å²) in [6.07, 6.45) is 20.2. The Morgan fingerprint density at radius 3 is 1.26 bits per heavy atom. The van der Waals surface area contributed by atoms with Crippen molar-refractivity contribution >= 4 is 5.97 Å². The molecule has 0 fully saturated rings. The summed E-state index contributed by atoms with van der Waals surface area (Å²) in [5.41, 5.74) is 0. The third kappa shape index (κ3) is 17.6. The van der Waals surface area contributed by atoms with E-state index in [0.29, 0.717) is 6.42 Å². The number of hydrogen-bond donors (Lipinski definition) is 2. The molecule has 0 amide bonds. The number of carboxylic acids is 1. The van der Waals surface area contributed by atoms with Crippen molar-refractivity contribution in [1.82, 2.24) is 0 Å². The predicted octanol–water partition coefficient (Wildman–Crippen LogP) is 6.08. The van der Waals surface area contributed by atoms with Crippen LogP contribution in [0, 0.1) is 0 Å². The Labute approximate surface area is 143 Å². The van der Waals surface area contributed by atoms with Gasteiger partial charge in [0, 0.05) is 0 Å². The molecule has 0 aromatic heterocycles. The zero-order chi connectivity index (χ0) is 17.2. The summed E-state index contributed by atoms with van der Waals surface area (Å²) >= 11 is 0. The summed E-state index contributed by atoms with van der Waals surface area (Å²) in [4.78, 5) is 10.4. The summed E-state index contributed by atoms with van der Waals surface area (Å²) in [5.74, 6) is -1.09. The zero-order valence-electron chi connectivity index (χ0n) is 15.4. The van der Waals surface area contributed by atoms with Crippen molar-refractivity contribution in [2.75, 3.05) is 0 Å². The molecule has 23 heavy (non-hydrogen) atoms. The number of aliphatic hydroxyl groups is 1. The van der Waals surface area contributed by atoms with E-state index in [1.54, 1.807) is 0 Å². The van der Waals surface area contributed by atoms with Crippen LogP contribution in [0.3, 0.4) is 0 Å². The fourth-order valence-corrected chi connectivity index (χ4v) is 3.01. The summed E-state index contributed by atoms with van der Waals surface area (Å²) < 4.78 is 0. The van der Waals surface area contributed by atoms with Crippen molar-refractivity contribution in [2.24, 2.45) is 0 Å². The van der Waals surface area contributed by atoms with E-state index in [9.17, 15) is 4.79 Å². The Morgan fingerprint density at radius 2 is 0.957 bits per heavy atom. The first-order valence-corrected chi connectivity index (χ1v) is 10.1. The van der Waals surface area contributed by atoms with Gasteiger partial charge in [-0.3, -0.25) is 0 Å². The summed E-state index contributed by atoms with van der Waals surface area (Å²) in [5, 5.41) is 17.7. The lowest BCUT2D eigenvalue weighted by Crippen LogP contribution is -2.18. The maximum Gasteiger partial charge on any atom is 0.332 e. The smallest absolute Gasteiger partial charge is 0.332 e. The second-order valence-electron chi connectivity index (χ2n) is 6.95. The highest BCUT2D eigenvalue weighted by Crippen LogP contribution is 2.14. The van der Waals surface area contributed by atoms with E-state index in [4.69, 9.17) is 10.2 Å². The first-order chi connectivity index (χ1) is 11.2. The number of carboxylic acid groups (broad SMARTS) is 1. The van der Waals surface area contributed by atoms with Crippen LogP contribution in [0.15, 0.2) is 0 Å². The number of carbonyl (C=O) groups is 1. The number of hydrogen-bond acceptors (Lipinski definition) is 2. The number of rotatable bonds is 18. The minimum atomic E-state index is -1.17. The van der Waals surface area contributed by atoms with Crippen LogP contribution in [0.5, 0.6) is 0 Å². The van der Waals surface area contributed by atoms with Gasteiger partial charge in [0.2, 0.25) is 0 Å². The van der Waals surface area contributed by atoms with Crippen molar-refractivity contribution in [3.8, 4) is 0 Å². The lowest BCUT2D eigenvalue weighted by Gasteiger charge is -2.05. The minimum absolute atomic E-state index is 0.397. The fraction of sp³-hybridized carbons (Fsp3) is 0.950. The highest BCUT2D eigenvalue weighted by atomic mass is 16.4. The molecule has 0 aromatic rings. The monoisotopic (exact) mass is 328 g/mol. The molecule has 3 nitrogen and oxygen atoms in total. The molecule has 0 saturated carbocycles. The van der Waals surface area contributed by atoms with Crippen LogP contribution in [0.25, 0.3) is 0 Å². The van der Waals surface area contributed by atoms with E-state index < -0.39 is 12.1 Å². The van der Waals surface area contributed by atoms with Crippen LogP contribution in [0.1, 0.15) is 116 Å². The Balaban J connectivity index is 3.04. The Kier molecular flexibility index (Phi) is 17.3. The van der Waals surface area contributed by atoms with Gasteiger partial charge in [-0.15, -0.1) is 0 Å². The second-order valence-corrected chi connectivity index (χ2v) is 6.95. The standard InChI is InChI=1S/C20H40O3/c1-2-3-4-5-6-7-8-9-10-11-12-13-14-15-16-17-18-19(21)20(22)23/h19,21H,2-18H2,1H3,(H,22,23)/t19-/m1/s1. The number of unbranched alkanes of at least 4 members (excludes halogenated alkanes) is 15. The van der Waals surface area contributed by atoms with Gasteiger partial charge in [-0.2, -0.15) is 0 Å². The molecule has 138 valence electrons. The van der Waals surface area contributed by atoms with Gasteiger partial charge < -0.3 is 10.2 Å². The Bertz CT molecular complexity index is 253. The molecule has 0 unspecified atom stereocenters. The van der Waals surface area contributed by atoms with Gasteiger partial charge in [-0.1, -0.05) is 110 Å². The predicted molar refractivity (Wildman–Crippen MR) is 97.8 cm³/mol. The molecule has 3 heteroatoms. The lowest BCUT2D eigenvalue weighted by molar-refractivity contribution is -0.146. The average Bonchev–Trinajstić information content (AvgIpc) is 2.54. The third-order valence-electron chi connectivity index (χ3n) is 4.62. The fourth-order valence-electron chi connectivity index (χ4n) is 3.01. The number of aliphatic carboxylic acids is 1. The summed E-state index contributed by atoms with van der Waals surface area (Å²) in [6.45, 7) is 2.27. The van der Waals surface area contributed by atoms with Crippen molar-refractivity contribution in [2.45, 2.75) is 122 Å². The van der Waals surface area contributed by atoms with Crippen molar-refractivity contribution < 1.29 is 15.0 Å². The minimum Gasteiger partial charge on any atom is -0.479 e. The zero-order valence-corrected chi connectivity index (χ0v) is 15.4. The highest BCUT2D eigenvalue weighted by molar-refractivity contribution is 5.71. The van der Waals surface area contributed by atoms with Gasteiger partial charge in [0.15, 0.2) is 6.10 Å². The van der Waals surface area contributed by atoms with Gasteiger partial charge in [0.1, 0.15) is 0 Å². The molecule has 0 saturated heterocycles. The van der Waals surface area contributed by atoms with E-state index in [2.05, 4.69) is 6.92 Å². The normalized spacial score (nSPS) is 12.4. The second kappa shape index (κ2) is 17.8. The molecule has 0 heterocycles. The van der Waals surface area contributed by atoms with Crippen LogP contribution < -0.4 is 0 Å². The molecular formula is C20H40O3. The van der Waals surface area contributed by atoms with Crippen LogP contribution >= 0.6 is 0 Å². The SMILES string of the molecule is CCCCCCCCCCCCCCCCCC[C@@H](O)C(=O)O. The first-order valence-electron chi connectivity index (χ1n) is 10.1. The maximum absolute atomic E-state index is 10.4. The van der Waals surface area contributed by atoms with Gasteiger partial charge >= 0.3 is 5.97 Å². The Hall–Kier alpha value is -0.570. The van der Waals surface area contributed by atoms with Crippen LogP contribution in [0.2, 0.25) is 0 Å². The molecular weight excluding hydrogens is 288 g/mol. The van der Waals surface area contributed by atoms with E-state index in [1.165, 1.54) is 89.9 Å². The van der Waals surface area contributed by atoms with Crippen LogP contribution in [-0.2, 0) is 4.79 Å². The number of aliphatic hydroxyl groups excluding tert-OH is 1. The van der Waals surface area contributed by atoms with Gasteiger partial charge in [-0.25, -0.2) is 4.79 Å². The van der Waals surface area contributed by atoms with Gasteiger partial charge in [0.05, 0.1) is 0 Å². The topological polar surface area (TPSA) is 57.5 Å². The van der Waals surface area contributed by atoms with Crippen LogP contribution in [0.4, 0.5) is 0 Å². The highest BCUT2D eigenvalue weighted by Gasteiger charge is 2.11. The van der Waals surface area contributed by atoms with E-state index in [0.717, 1.165) is 12.8 Å². The van der Waals surface area contributed by atoms with E-state index >= 15 is 0 Å². The molecule has 0 aliphatic heterocycles. The quantitative estimate of drug-likeness (QED) is 0.300. The summed E-state index contributed by atoms with van der Waals surface area (Å²) in [7, 11) is 0.